The number of thiazole rings is 1. The predicted octanol–water partition coefficient (Wildman–Crippen LogP) is 2.85. The largest absolute Gasteiger partial charge is 0.361 e. The number of amides is 1. The molecule has 0 radical (unpaired) electrons. The maximum Gasteiger partial charge on any atom is 0.243 e. The third-order valence-electron chi connectivity index (χ3n) is 3.62. The summed E-state index contributed by atoms with van der Waals surface area (Å²) in [6.07, 6.45) is 4.69. The average Bonchev–Trinajstić information content (AvgIpc) is 3.17. The number of carbonyl (C=O) groups excluding carboxylic acids is 1. The number of hydrogen-bond acceptors (Lipinski definition) is 4. The number of carbonyl (C=O) groups is 1. The molecular formula is C16H17N3O2S. The number of hydrogen-bond donors (Lipinski definition) is 3. The smallest absolute Gasteiger partial charge is 0.243 e. The summed E-state index contributed by atoms with van der Waals surface area (Å²) >= 11 is 1.62. The van der Waals surface area contributed by atoms with Gasteiger partial charge in [-0.25, -0.2) is 10.5 Å². The van der Waals surface area contributed by atoms with Crippen molar-refractivity contribution in [2.75, 3.05) is 0 Å². The fourth-order valence-electron chi connectivity index (χ4n) is 2.46. The van der Waals surface area contributed by atoms with Gasteiger partial charge in [-0.15, -0.1) is 11.3 Å². The van der Waals surface area contributed by atoms with E-state index < -0.39 is 0 Å². The predicted molar refractivity (Wildman–Crippen MR) is 86.1 cm³/mol. The van der Waals surface area contributed by atoms with Crippen LogP contribution in [0.1, 0.15) is 22.7 Å². The first-order valence-electron chi connectivity index (χ1n) is 7.17. The van der Waals surface area contributed by atoms with Crippen molar-refractivity contribution in [1.29, 1.82) is 0 Å². The number of H-pyrrole nitrogens is 1. The van der Waals surface area contributed by atoms with Crippen LogP contribution in [0.4, 0.5) is 0 Å². The third-order valence-corrected chi connectivity index (χ3v) is 4.57. The topological polar surface area (TPSA) is 78.0 Å². The SMILES string of the molecule is O=C(CCc1csc(CCc2c[nH]c3ccccc23)n1)NO. The Bertz CT molecular complexity index is 778. The van der Waals surface area contributed by atoms with Gasteiger partial charge in [-0.3, -0.25) is 10.0 Å². The molecule has 1 amide bonds. The van der Waals surface area contributed by atoms with Gasteiger partial charge >= 0.3 is 0 Å². The highest BCUT2D eigenvalue weighted by atomic mass is 32.1. The second-order valence-corrected chi connectivity index (χ2v) is 6.07. The van der Waals surface area contributed by atoms with Crippen LogP contribution in [0, 0.1) is 0 Å². The van der Waals surface area contributed by atoms with Crippen LogP contribution in [0.15, 0.2) is 35.8 Å². The molecule has 114 valence electrons. The lowest BCUT2D eigenvalue weighted by atomic mass is 10.1. The van der Waals surface area contributed by atoms with Crippen LogP contribution in [-0.2, 0) is 24.1 Å². The monoisotopic (exact) mass is 315 g/mol. The third kappa shape index (κ3) is 3.35. The zero-order valence-corrected chi connectivity index (χ0v) is 12.8. The van der Waals surface area contributed by atoms with Crippen molar-refractivity contribution >= 4 is 28.1 Å². The summed E-state index contributed by atoms with van der Waals surface area (Å²) < 4.78 is 0. The summed E-state index contributed by atoms with van der Waals surface area (Å²) in [5.41, 5.74) is 5.00. The van der Waals surface area contributed by atoms with E-state index in [0.29, 0.717) is 6.42 Å². The normalized spacial score (nSPS) is 11.0. The number of hydroxylamine groups is 1. The standard InChI is InChI=1S/C16H17N3O2S/c20-15(19-21)7-6-12-10-22-16(18-12)8-5-11-9-17-14-4-2-1-3-13(11)14/h1-4,9-10,17,21H,5-8H2,(H,19,20). The first-order chi connectivity index (χ1) is 10.8. The highest BCUT2D eigenvalue weighted by Gasteiger charge is 2.07. The first kappa shape index (κ1) is 14.7. The van der Waals surface area contributed by atoms with E-state index in [1.165, 1.54) is 10.9 Å². The number of benzene rings is 1. The number of aromatic nitrogens is 2. The number of fused-ring (bicyclic) bond motifs is 1. The lowest BCUT2D eigenvalue weighted by molar-refractivity contribution is -0.129. The van der Waals surface area contributed by atoms with E-state index in [-0.39, 0.29) is 12.3 Å². The zero-order chi connectivity index (χ0) is 15.4. The first-order valence-corrected chi connectivity index (χ1v) is 8.05. The molecule has 3 aromatic rings. The van der Waals surface area contributed by atoms with Crippen molar-refractivity contribution in [3.8, 4) is 0 Å². The summed E-state index contributed by atoms with van der Waals surface area (Å²) in [6.45, 7) is 0. The molecule has 2 heterocycles. The minimum absolute atomic E-state index is 0.252. The van der Waals surface area contributed by atoms with E-state index in [4.69, 9.17) is 5.21 Å². The number of rotatable bonds is 6. The van der Waals surface area contributed by atoms with Crippen molar-refractivity contribution in [2.45, 2.75) is 25.7 Å². The highest BCUT2D eigenvalue weighted by molar-refractivity contribution is 7.09. The molecule has 1 aromatic carbocycles. The van der Waals surface area contributed by atoms with E-state index in [2.05, 4.69) is 28.3 Å². The Morgan fingerprint density at radius 1 is 1.27 bits per heavy atom. The molecule has 0 aliphatic carbocycles. The van der Waals surface area contributed by atoms with Gasteiger partial charge in [0.1, 0.15) is 0 Å². The number of aryl methyl sites for hydroxylation is 3. The Morgan fingerprint density at radius 2 is 2.14 bits per heavy atom. The molecule has 0 spiro atoms. The van der Waals surface area contributed by atoms with Crippen molar-refractivity contribution in [3.63, 3.8) is 0 Å². The van der Waals surface area contributed by atoms with E-state index in [9.17, 15) is 4.79 Å². The molecule has 22 heavy (non-hydrogen) atoms. The van der Waals surface area contributed by atoms with E-state index in [0.717, 1.165) is 29.1 Å². The molecule has 0 fully saturated rings. The van der Waals surface area contributed by atoms with Crippen LogP contribution in [0.3, 0.4) is 0 Å². The van der Waals surface area contributed by atoms with E-state index in [1.54, 1.807) is 16.8 Å². The number of nitrogens with zero attached hydrogens (tertiary/aromatic N) is 1. The summed E-state index contributed by atoms with van der Waals surface area (Å²) in [5.74, 6) is -0.381. The van der Waals surface area contributed by atoms with Crippen LogP contribution in [0.2, 0.25) is 0 Å². The van der Waals surface area contributed by atoms with Crippen LogP contribution in [-0.4, -0.2) is 21.1 Å². The van der Waals surface area contributed by atoms with Gasteiger partial charge in [0.15, 0.2) is 0 Å². The van der Waals surface area contributed by atoms with Gasteiger partial charge in [-0.1, -0.05) is 18.2 Å². The van der Waals surface area contributed by atoms with Crippen LogP contribution < -0.4 is 5.48 Å². The molecule has 0 bridgehead atoms. The molecular weight excluding hydrogens is 298 g/mol. The van der Waals surface area contributed by atoms with Crippen LogP contribution in [0.5, 0.6) is 0 Å². The Morgan fingerprint density at radius 3 is 3.00 bits per heavy atom. The van der Waals surface area contributed by atoms with E-state index in [1.807, 2.05) is 17.5 Å². The van der Waals surface area contributed by atoms with Gasteiger partial charge in [0.2, 0.25) is 5.91 Å². The lowest BCUT2D eigenvalue weighted by Gasteiger charge is -1.98. The van der Waals surface area contributed by atoms with Crippen molar-refractivity contribution in [2.24, 2.45) is 0 Å². The maximum atomic E-state index is 11.0. The van der Waals surface area contributed by atoms with Crippen LogP contribution >= 0.6 is 11.3 Å². The molecule has 0 saturated heterocycles. The second-order valence-electron chi connectivity index (χ2n) is 5.13. The van der Waals surface area contributed by atoms with Gasteiger partial charge in [0.05, 0.1) is 10.7 Å². The maximum absolute atomic E-state index is 11.0. The zero-order valence-electron chi connectivity index (χ0n) is 12.0. The Kier molecular flexibility index (Phi) is 4.50. The summed E-state index contributed by atoms with van der Waals surface area (Å²) in [5, 5.41) is 12.8. The molecule has 5 nitrogen and oxygen atoms in total. The molecule has 2 aromatic heterocycles. The van der Waals surface area contributed by atoms with E-state index >= 15 is 0 Å². The van der Waals surface area contributed by atoms with Crippen molar-refractivity contribution < 1.29 is 10.0 Å². The van der Waals surface area contributed by atoms with Gasteiger partial charge in [-0.2, -0.15) is 0 Å². The molecule has 0 atom stereocenters. The summed E-state index contributed by atoms with van der Waals surface area (Å²) in [4.78, 5) is 18.8. The van der Waals surface area contributed by atoms with Gasteiger partial charge in [0.25, 0.3) is 0 Å². The van der Waals surface area contributed by atoms with Gasteiger partial charge in [0, 0.05) is 35.3 Å². The van der Waals surface area contributed by atoms with Crippen molar-refractivity contribution in [3.05, 3.63) is 52.1 Å². The quantitative estimate of drug-likeness (QED) is 0.483. The second kappa shape index (κ2) is 6.72. The van der Waals surface area contributed by atoms with Crippen molar-refractivity contribution in [1.82, 2.24) is 15.4 Å². The van der Waals surface area contributed by atoms with Gasteiger partial charge < -0.3 is 4.98 Å². The fraction of sp³-hybridized carbons (Fsp3) is 0.250. The Balaban J connectivity index is 1.60. The molecule has 0 aliphatic heterocycles. The average molecular weight is 315 g/mol. The Hall–Kier alpha value is -2.18. The number of aromatic amines is 1. The lowest BCUT2D eigenvalue weighted by Crippen LogP contribution is -2.18. The molecule has 0 aliphatic rings. The highest BCUT2D eigenvalue weighted by Crippen LogP contribution is 2.20. The number of nitrogens with one attached hydrogen (secondary N) is 2. The van der Waals surface area contributed by atoms with Crippen LogP contribution in [0.25, 0.3) is 10.9 Å². The molecule has 6 heteroatoms. The summed E-state index contributed by atoms with van der Waals surface area (Å²) in [6, 6.07) is 8.28. The molecule has 3 rings (SSSR count). The molecule has 0 saturated carbocycles. The number of para-hydroxylation sites is 1. The summed E-state index contributed by atoms with van der Waals surface area (Å²) in [7, 11) is 0. The minimum atomic E-state index is -0.381. The minimum Gasteiger partial charge on any atom is -0.361 e. The fourth-order valence-corrected chi connectivity index (χ4v) is 3.29. The Labute approximate surface area is 132 Å². The molecule has 3 N–H and O–H groups in total. The van der Waals surface area contributed by atoms with Gasteiger partial charge in [-0.05, 0) is 24.5 Å². The molecule has 0 unspecified atom stereocenters.